The fourth-order valence-corrected chi connectivity index (χ4v) is 2.45. The first-order valence-electron chi connectivity index (χ1n) is 6.27. The average molecular weight is 253 g/mol. The predicted molar refractivity (Wildman–Crippen MR) is 65.3 cm³/mol. The molecule has 1 aromatic rings. The standard InChI is InChI=1S/C14H17F2NO/c1-9-5-4-8-17(10(9)2)14(18)11-6-3-7-12(15)13(11)16/h3,6-7,9-10H,4-5,8H2,1-2H3. The Labute approximate surface area is 106 Å². The Morgan fingerprint density at radius 3 is 2.78 bits per heavy atom. The molecule has 0 aromatic heterocycles. The molecule has 0 spiro atoms. The summed E-state index contributed by atoms with van der Waals surface area (Å²) in [5.74, 6) is -2.04. The van der Waals surface area contributed by atoms with E-state index in [1.54, 1.807) is 4.90 Å². The third-order valence-electron chi connectivity index (χ3n) is 3.82. The van der Waals surface area contributed by atoms with Crippen molar-refractivity contribution in [2.45, 2.75) is 32.7 Å². The van der Waals surface area contributed by atoms with Crippen molar-refractivity contribution in [3.05, 3.63) is 35.4 Å². The van der Waals surface area contributed by atoms with Crippen LogP contribution in [0.1, 0.15) is 37.0 Å². The van der Waals surface area contributed by atoms with Crippen molar-refractivity contribution in [1.29, 1.82) is 0 Å². The van der Waals surface area contributed by atoms with Crippen molar-refractivity contribution in [3.63, 3.8) is 0 Å². The number of likely N-dealkylation sites (tertiary alicyclic amines) is 1. The first-order valence-corrected chi connectivity index (χ1v) is 6.27. The predicted octanol–water partition coefficient (Wildman–Crippen LogP) is 3.23. The summed E-state index contributed by atoms with van der Waals surface area (Å²) >= 11 is 0. The largest absolute Gasteiger partial charge is 0.336 e. The monoisotopic (exact) mass is 253 g/mol. The molecule has 18 heavy (non-hydrogen) atoms. The maximum atomic E-state index is 13.6. The molecule has 1 fully saturated rings. The highest BCUT2D eigenvalue weighted by atomic mass is 19.2. The van der Waals surface area contributed by atoms with Crippen molar-refractivity contribution >= 4 is 5.91 Å². The molecule has 1 aliphatic rings. The van der Waals surface area contributed by atoms with Gasteiger partial charge in [0.05, 0.1) is 5.56 Å². The summed E-state index contributed by atoms with van der Waals surface area (Å²) in [5.41, 5.74) is -0.170. The number of hydrogen-bond donors (Lipinski definition) is 0. The topological polar surface area (TPSA) is 20.3 Å². The molecule has 1 heterocycles. The van der Waals surface area contributed by atoms with Crippen LogP contribution in [0, 0.1) is 17.6 Å². The lowest BCUT2D eigenvalue weighted by molar-refractivity contribution is 0.0545. The number of hydrogen-bond acceptors (Lipinski definition) is 1. The van der Waals surface area contributed by atoms with Gasteiger partial charge in [0.1, 0.15) is 0 Å². The molecule has 4 heteroatoms. The second kappa shape index (κ2) is 5.04. The van der Waals surface area contributed by atoms with E-state index in [0.717, 1.165) is 18.9 Å². The minimum atomic E-state index is -1.05. The van der Waals surface area contributed by atoms with Crippen LogP contribution in [0.5, 0.6) is 0 Å². The van der Waals surface area contributed by atoms with E-state index in [2.05, 4.69) is 6.92 Å². The number of benzene rings is 1. The molecule has 0 bridgehead atoms. The zero-order chi connectivity index (χ0) is 13.3. The molecule has 0 saturated carbocycles. The van der Waals surface area contributed by atoms with E-state index in [4.69, 9.17) is 0 Å². The number of carbonyl (C=O) groups excluding carboxylic acids is 1. The van der Waals surface area contributed by atoms with Gasteiger partial charge in [-0.3, -0.25) is 4.79 Å². The van der Waals surface area contributed by atoms with Crippen LogP contribution in [0.15, 0.2) is 18.2 Å². The number of nitrogens with zero attached hydrogens (tertiary/aromatic N) is 1. The number of piperidine rings is 1. The lowest BCUT2D eigenvalue weighted by atomic mass is 9.91. The number of halogens is 2. The fraction of sp³-hybridized carbons (Fsp3) is 0.500. The molecule has 0 aliphatic carbocycles. The van der Waals surface area contributed by atoms with Gasteiger partial charge >= 0.3 is 0 Å². The SMILES string of the molecule is CC1CCCN(C(=O)c2cccc(F)c2F)C1C. The van der Waals surface area contributed by atoms with Crippen LogP contribution >= 0.6 is 0 Å². The average Bonchev–Trinajstić information content (AvgIpc) is 2.35. The van der Waals surface area contributed by atoms with Gasteiger partial charge in [0.15, 0.2) is 11.6 Å². The van der Waals surface area contributed by atoms with Gasteiger partial charge < -0.3 is 4.90 Å². The number of amides is 1. The summed E-state index contributed by atoms with van der Waals surface area (Å²) in [6, 6.07) is 3.79. The molecular formula is C14H17F2NO. The van der Waals surface area contributed by atoms with Gasteiger partial charge in [0.2, 0.25) is 0 Å². The van der Waals surface area contributed by atoms with Crippen LogP contribution in [0.2, 0.25) is 0 Å². The van der Waals surface area contributed by atoms with Gasteiger partial charge in [-0.1, -0.05) is 13.0 Å². The lowest BCUT2D eigenvalue weighted by Gasteiger charge is -2.38. The Balaban J connectivity index is 2.28. The van der Waals surface area contributed by atoms with Crippen LogP contribution in [0.3, 0.4) is 0 Å². The molecule has 2 nitrogen and oxygen atoms in total. The smallest absolute Gasteiger partial charge is 0.257 e. The highest BCUT2D eigenvalue weighted by Gasteiger charge is 2.30. The Hall–Kier alpha value is -1.45. The normalized spacial score (nSPS) is 24.1. The molecule has 1 aliphatic heterocycles. The maximum absolute atomic E-state index is 13.6. The molecular weight excluding hydrogens is 236 g/mol. The van der Waals surface area contributed by atoms with Gasteiger partial charge in [-0.15, -0.1) is 0 Å². The minimum absolute atomic E-state index is 0.0638. The van der Waals surface area contributed by atoms with Crippen molar-refractivity contribution in [3.8, 4) is 0 Å². The maximum Gasteiger partial charge on any atom is 0.257 e. The summed E-state index contributed by atoms with van der Waals surface area (Å²) in [7, 11) is 0. The van der Waals surface area contributed by atoms with Gasteiger partial charge in [-0.25, -0.2) is 8.78 Å². The van der Waals surface area contributed by atoms with E-state index >= 15 is 0 Å². The van der Waals surface area contributed by atoms with Crippen LogP contribution in [-0.4, -0.2) is 23.4 Å². The third kappa shape index (κ3) is 2.24. The van der Waals surface area contributed by atoms with Crippen LogP contribution < -0.4 is 0 Å². The highest BCUT2D eigenvalue weighted by Crippen LogP contribution is 2.25. The molecule has 1 aromatic carbocycles. The Kier molecular flexibility index (Phi) is 3.64. The molecule has 2 unspecified atom stereocenters. The summed E-state index contributed by atoms with van der Waals surface area (Å²) in [6.07, 6.45) is 1.98. The van der Waals surface area contributed by atoms with Crippen LogP contribution in [0.4, 0.5) is 8.78 Å². The van der Waals surface area contributed by atoms with Crippen molar-refractivity contribution in [2.24, 2.45) is 5.92 Å². The van der Waals surface area contributed by atoms with Gasteiger partial charge in [-0.2, -0.15) is 0 Å². The first kappa shape index (κ1) is 13.0. The summed E-state index contributed by atoms with van der Waals surface area (Å²) in [4.78, 5) is 13.9. The van der Waals surface area contributed by atoms with E-state index in [0.29, 0.717) is 12.5 Å². The third-order valence-corrected chi connectivity index (χ3v) is 3.82. The minimum Gasteiger partial charge on any atom is -0.336 e. The molecule has 1 amide bonds. The summed E-state index contributed by atoms with van der Waals surface area (Å²) < 4.78 is 26.7. The van der Waals surface area contributed by atoms with E-state index in [1.807, 2.05) is 6.92 Å². The van der Waals surface area contributed by atoms with Crippen LogP contribution in [0.25, 0.3) is 0 Å². The van der Waals surface area contributed by atoms with Gasteiger partial charge in [-0.05, 0) is 37.8 Å². The van der Waals surface area contributed by atoms with Crippen LogP contribution in [-0.2, 0) is 0 Å². The number of rotatable bonds is 1. The van der Waals surface area contributed by atoms with Crippen molar-refractivity contribution in [1.82, 2.24) is 4.90 Å². The first-order chi connectivity index (χ1) is 8.52. The zero-order valence-electron chi connectivity index (χ0n) is 10.6. The molecule has 0 radical (unpaired) electrons. The van der Waals surface area contributed by atoms with E-state index in [9.17, 15) is 13.6 Å². The molecule has 98 valence electrons. The summed E-state index contributed by atoms with van der Waals surface area (Å²) in [6.45, 7) is 4.64. The highest BCUT2D eigenvalue weighted by molar-refractivity contribution is 5.94. The van der Waals surface area contributed by atoms with Gasteiger partial charge in [0.25, 0.3) is 5.91 Å². The van der Waals surface area contributed by atoms with E-state index in [-0.39, 0.29) is 11.6 Å². The van der Waals surface area contributed by atoms with Crippen molar-refractivity contribution in [2.75, 3.05) is 6.54 Å². The lowest BCUT2D eigenvalue weighted by Crippen LogP contribution is -2.46. The molecule has 2 atom stereocenters. The Morgan fingerprint density at radius 2 is 2.06 bits per heavy atom. The number of carbonyl (C=O) groups is 1. The molecule has 0 N–H and O–H groups in total. The summed E-state index contributed by atoms with van der Waals surface area (Å²) in [5, 5.41) is 0. The quantitative estimate of drug-likeness (QED) is 0.752. The zero-order valence-corrected chi connectivity index (χ0v) is 10.6. The molecule has 1 saturated heterocycles. The second-order valence-electron chi connectivity index (χ2n) is 4.96. The fourth-order valence-electron chi connectivity index (χ4n) is 2.45. The van der Waals surface area contributed by atoms with E-state index < -0.39 is 17.5 Å². The second-order valence-corrected chi connectivity index (χ2v) is 4.96. The van der Waals surface area contributed by atoms with Crippen molar-refractivity contribution < 1.29 is 13.6 Å². The van der Waals surface area contributed by atoms with Gasteiger partial charge in [0, 0.05) is 12.6 Å². The molecule has 2 rings (SSSR count). The van der Waals surface area contributed by atoms with E-state index in [1.165, 1.54) is 12.1 Å². The Bertz CT molecular complexity index is 461. The Morgan fingerprint density at radius 1 is 1.33 bits per heavy atom.